The van der Waals surface area contributed by atoms with Gasteiger partial charge in [-0.15, -0.1) is 0 Å². The van der Waals surface area contributed by atoms with E-state index in [0.717, 1.165) is 12.8 Å². The molecular weight excluding hydrogens is 126 g/mol. The third kappa shape index (κ3) is 1.96. The molecular formula is C8H17NO. The third-order valence-corrected chi connectivity index (χ3v) is 2.01. The quantitative estimate of drug-likeness (QED) is 0.528. The number of piperidine rings is 1. The average molecular weight is 143 g/mol. The minimum atomic E-state index is -0.105. The zero-order valence-electron chi connectivity index (χ0n) is 7.02. The monoisotopic (exact) mass is 143 g/mol. The lowest BCUT2D eigenvalue weighted by molar-refractivity contribution is 0.0711. The van der Waals surface area contributed by atoms with Crippen molar-refractivity contribution in [3.8, 4) is 0 Å². The van der Waals surface area contributed by atoms with Crippen LogP contribution in [0.25, 0.3) is 0 Å². The summed E-state index contributed by atoms with van der Waals surface area (Å²) < 4.78 is 0. The molecule has 1 aliphatic heterocycles. The largest absolute Gasteiger partial charge is 0.393 e. The maximum atomic E-state index is 9.38. The first kappa shape index (κ1) is 8.02. The highest BCUT2D eigenvalue weighted by molar-refractivity contribution is 4.89. The van der Waals surface area contributed by atoms with Crippen LogP contribution in [-0.4, -0.2) is 22.8 Å². The lowest BCUT2D eigenvalue weighted by atomic mass is 9.88. The first-order valence-corrected chi connectivity index (χ1v) is 3.95. The van der Waals surface area contributed by atoms with E-state index in [-0.39, 0.29) is 11.6 Å². The number of aliphatic hydroxyl groups excluding tert-OH is 1. The fourth-order valence-electron chi connectivity index (χ4n) is 1.87. The smallest absolute Gasteiger partial charge is 0.0572 e. The van der Waals surface area contributed by atoms with Crippen LogP contribution in [0.1, 0.15) is 33.6 Å². The lowest BCUT2D eigenvalue weighted by Crippen LogP contribution is -2.52. The summed E-state index contributed by atoms with van der Waals surface area (Å²) >= 11 is 0. The topological polar surface area (TPSA) is 32.3 Å². The molecule has 1 rings (SSSR count). The molecule has 2 nitrogen and oxygen atoms in total. The van der Waals surface area contributed by atoms with Crippen molar-refractivity contribution in [3.63, 3.8) is 0 Å². The highest BCUT2D eigenvalue weighted by Gasteiger charge is 2.29. The Morgan fingerprint density at radius 3 is 2.50 bits per heavy atom. The Balaban J connectivity index is 2.51. The molecule has 0 saturated carbocycles. The van der Waals surface area contributed by atoms with Gasteiger partial charge in [0.15, 0.2) is 0 Å². The molecule has 10 heavy (non-hydrogen) atoms. The maximum Gasteiger partial charge on any atom is 0.0572 e. The van der Waals surface area contributed by atoms with Crippen molar-refractivity contribution in [3.05, 3.63) is 0 Å². The zero-order chi connectivity index (χ0) is 7.78. The number of hydrogen-bond acceptors (Lipinski definition) is 2. The highest BCUT2D eigenvalue weighted by atomic mass is 16.3. The van der Waals surface area contributed by atoms with Crippen LogP contribution in [0.3, 0.4) is 0 Å². The average Bonchev–Trinajstić information content (AvgIpc) is 1.54. The molecule has 0 bridgehead atoms. The maximum absolute atomic E-state index is 9.38. The lowest BCUT2D eigenvalue weighted by Gasteiger charge is -2.38. The Labute approximate surface area is 62.6 Å². The van der Waals surface area contributed by atoms with Gasteiger partial charge < -0.3 is 10.4 Å². The summed E-state index contributed by atoms with van der Waals surface area (Å²) in [6.07, 6.45) is 1.66. The molecule has 2 heteroatoms. The predicted molar refractivity (Wildman–Crippen MR) is 41.9 cm³/mol. The van der Waals surface area contributed by atoms with Crippen LogP contribution in [0.5, 0.6) is 0 Å². The van der Waals surface area contributed by atoms with Crippen molar-refractivity contribution in [2.75, 3.05) is 0 Å². The van der Waals surface area contributed by atoms with E-state index in [0.29, 0.717) is 6.04 Å². The number of aliphatic hydroxyl groups is 1. The van der Waals surface area contributed by atoms with E-state index in [2.05, 4.69) is 26.1 Å². The van der Waals surface area contributed by atoms with Gasteiger partial charge in [-0.2, -0.15) is 0 Å². The van der Waals surface area contributed by atoms with Gasteiger partial charge in [0, 0.05) is 11.6 Å². The SMILES string of the molecule is CC1C[C@H](O)CC(C)(C)N1. The van der Waals surface area contributed by atoms with Crippen LogP contribution >= 0.6 is 0 Å². The van der Waals surface area contributed by atoms with Gasteiger partial charge in [0.2, 0.25) is 0 Å². The Morgan fingerprint density at radius 2 is 2.10 bits per heavy atom. The fourth-order valence-corrected chi connectivity index (χ4v) is 1.87. The van der Waals surface area contributed by atoms with E-state index in [1.807, 2.05) is 0 Å². The second kappa shape index (κ2) is 2.51. The van der Waals surface area contributed by atoms with Crippen molar-refractivity contribution in [1.82, 2.24) is 5.32 Å². The number of rotatable bonds is 0. The Hall–Kier alpha value is -0.0800. The van der Waals surface area contributed by atoms with E-state index < -0.39 is 0 Å². The van der Waals surface area contributed by atoms with Crippen molar-refractivity contribution in [2.24, 2.45) is 0 Å². The molecule has 2 N–H and O–H groups in total. The Morgan fingerprint density at radius 1 is 1.50 bits per heavy atom. The molecule has 1 aliphatic rings. The van der Waals surface area contributed by atoms with Gasteiger partial charge in [0.1, 0.15) is 0 Å². The second-order valence-electron chi connectivity index (χ2n) is 4.02. The van der Waals surface area contributed by atoms with Crippen molar-refractivity contribution < 1.29 is 5.11 Å². The molecule has 0 radical (unpaired) electrons. The van der Waals surface area contributed by atoms with Crippen LogP contribution in [0.4, 0.5) is 0 Å². The number of hydrogen-bond donors (Lipinski definition) is 2. The van der Waals surface area contributed by atoms with E-state index in [1.54, 1.807) is 0 Å². The molecule has 0 spiro atoms. The zero-order valence-corrected chi connectivity index (χ0v) is 7.02. The summed E-state index contributed by atoms with van der Waals surface area (Å²) in [4.78, 5) is 0. The van der Waals surface area contributed by atoms with Crippen LogP contribution in [0, 0.1) is 0 Å². The molecule has 0 aliphatic carbocycles. The third-order valence-electron chi connectivity index (χ3n) is 2.01. The summed E-state index contributed by atoms with van der Waals surface area (Å²) in [5, 5.41) is 12.8. The van der Waals surface area contributed by atoms with E-state index in [1.165, 1.54) is 0 Å². The number of nitrogens with one attached hydrogen (secondary N) is 1. The van der Waals surface area contributed by atoms with Crippen molar-refractivity contribution in [1.29, 1.82) is 0 Å². The van der Waals surface area contributed by atoms with Crippen LogP contribution in [0.2, 0.25) is 0 Å². The van der Waals surface area contributed by atoms with Gasteiger partial charge in [0.25, 0.3) is 0 Å². The fraction of sp³-hybridized carbons (Fsp3) is 1.00. The summed E-state index contributed by atoms with van der Waals surface area (Å²) in [7, 11) is 0. The van der Waals surface area contributed by atoms with Gasteiger partial charge in [-0.05, 0) is 33.6 Å². The Bertz CT molecular complexity index is 110. The minimum Gasteiger partial charge on any atom is -0.393 e. The highest BCUT2D eigenvalue weighted by Crippen LogP contribution is 2.21. The Kier molecular flexibility index (Phi) is 2.02. The molecule has 0 amide bonds. The molecule has 2 atom stereocenters. The van der Waals surface area contributed by atoms with Crippen LogP contribution in [-0.2, 0) is 0 Å². The normalized spacial score (nSPS) is 39.6. The molecule has 0 aromatic rings. The standard InChI is InChI=1S/C8H17NO/c1-6-4-7(10)5-8(2,3)9-6/h6-7,9-10H,4-5H2,1-3H3/t6?,7-/m0/s1. The molecule has 1 saturated heterocycles. The minimum absolute atomic E-state index is 0.105. The molecule has 60 valence electrons. The molecule has 0 aromatic carbocycles. The first-order chi connectivity index (χ1) is 4.49. The van der Waals surface area contributed by atoms with E-state index >= 15 is 0 Å². The summed E-state index contributed by atoms with van der Waals surface area (Å²) in [5.74, 6) is 0. The van der Waals surface area contributed by atoms with Gasteiger partial charge >= 0.3 is 0 Å². The van der Waals surface area contributed by atoms with Gasteiger partial charge in [-0.1, -0.05) is 0 Å². The molecule has 0 aromatic heterocycles. The van der Waals surface area contributed by atoms with Crippen molar-refractivity contribution in [2.45, 2.75) is 51.3 Å². The summed E-state index contributed by atoms with van der Waals surface area (Å²) in [6, 6.07) is 0.457. The summed E-state index contributed by atoms with van der Waals surface area (Å²) in [6.45, 7) is 6.38. The molecule has 1 unspecified atom stereocenters. The summed E-state index contributed by atoms with van der Waals surface area (Å²) in [5.41, 5.74) is 0.122. The first-order valence-electron chi connectivity index (χ1n) is 3.95. The van der Waals surface area contributed by atoms with Crippen LogP contribution < -0.4 is 5.32 Å². The van der Waals surface area contributed by atoms with Crippen molar-refractivity contribution >= 4 is 0 Å². The van der Waals surface area contributed by atoms with Gasteiger partial charge in [0.05, 0.1) is 6.10 Å². The van der Waals surface area contributed by atoms with Gasteiger partial charge in [-0.25, -0.2) is 0 Å². The molecule has 1 fully saturated rings. The second-order valence-corrected chi connectivity index (χ2v) is 4.02. The van der Waals surface area contributed by atoms with E-state index in [9.17, 15) is 5.11 Å². The van der Waals surface area contributed by atoms with E-state index in [4.69, 9.17) is 0 Å². The van der Waals surface area contributed by atoms with Gasteiger partial charge in [-0.3, -0.25) is 0 Å². The molecule has 1 heterocycles. The predicted octanol–water partition coefficient (Wildman–Crippen LogP) is 0.898. The van der Waals surface area contributed by atoms with Crippen LogP contribution in [0.15, 0.2) is 0 Å².